The Labute approximate surface area is 122 Å². The van der Waals surface area contributed by atoms with Gasteiger partial charge in [0.05, 0.1) is 0 Å². The third-order valence-corrected chi connectivity index (χ3v) is 4.39. The van der Waals surface area contributed by atoms with Gasteiger partial charge in [0.15, 0.2) is 0 Å². The zero-order valence-corrected chi connectivity index (χ0v) is 11.6. The number of aromatic nitrogens is 1. The van der Waals surface area contributed by atoms with E-state index >= 15 is 0 Å². The minimum atomic E-state index is 0.0170. The quantitative estimate of drug-likeness (QED) is 0.743. The van der Waals surface area contributed by atoms with Gasteiger partial charge in [-0.25, -0.2) is 0 Å². The lowest BCUT2D eigenvalue weighted by molar-refractivity contribution is 0.523. The van der Waals surface area contributed by atoms with Gasteiger partial charge < -0.3 is 5.73 Å². The molecule has 0 radical (unpaired) electrons. The van der Waals surface area contributed by atoms with Crippen LogP contribution >= 0.6 is 0 Å². The van der Waals surface area contributed by atoms with Gasteiger partial charge in [-0.05, 0) is 41.5 Å². The lowest BCUT2D eigenvalue weighted by atomic mass is 10.1. The zero-order chi connectivity index (χ0) is 14.4. The third kappa shape index (κ3) is 1.85. The van der Waals surface area contributed by atoms with Crippen molar-refractivity contribution >= 4 is 16.6 Å². The molecule has 3 nitrogen and oxygen atoms in total. The molecule has 104 valence electrons. The van der Waals surface area contributed by atoms with Crippen LogP contribution in [0.4, 0.5) is 5.82 Å². The van der Waals surface area contributed by atoms with E-state index in [1.807, 2.05) is 42.5 Å². The monoisotopic (exact) mass is 276 g/mol. The average molecular weight is 276 g/mol. The van der Waals surface area contributed by atoms with Crippen LogP contribution in [0.5, 0.6) is 0 Å². The Hall–Kier alpha value is -2.55. The summed E-state index contributed by atoms with van der Waals surface area (Å²) >= 11 is 0. The van der Waals surface area contributed by atoms with Crippen LogP contribution in [0.25, 0.3) is 10.8 Å². The van der Waals surface area contributed by atoms with Gasteiger partial charge in [0.1, 0.15) is 5.82 Å². The van der Waals surface area contributed by atoms with Gasteiger partial charge in [-0.15, -0.1) is 0 Å². The summed E-state index contributed by atoms with van der Waals surface area (Å²) in [7, 11) is 0. The maximum Gasteiger partial charge on any atom is 0.260 e. The number of nitrogens with two attached hydrogens (primary N) is 1. The standard InChI is InChI=1S/C18H16N2O/c19-17-11-14-7-3-4-8-16(14)18(21)20(17)15-9-12-5-1-2-6-13(12)10-15/h1-8,11,15H,9-10,19H2. The second-order valence-electron chi connectivity index (χ2n) is 5.66. The molecule has 1 heterocycles. The van der Waals surface area contributed by atoms with Crippen LogP contribution in [0, 0.1) is 0 Å². The number of rotatable bonds is 1. The smallest absolute Gasteiger partial charge is 0.260 e. The molecule has 1 aliphatic carbocycles. The van der Waals surface area contributed by atoms with E-state index in [0.29, 0.717) is 5.82 Å². The van der Waals surface area contributed by atoms with Crippen molar-refractivity contribution in [3.05, 3.63) is 76.1 Å². The van der Waals surface area contributed by atoms with Gasteiger partial charge in [0.2, 0.25) is 0 Å². The summed E-state index contributed by atoms with van der Waals surface area (Å²) in [5.74, 6) is 0.552. The Bertz CT molecular complexity index is 870. The van der Waals surface area contributed by atoms with Crippen molar-refractivity contribution in [2.75, 3.05) is 5.73 Å². The molecule has 0 aliphatic heterocycles. The van der Waals surface area contributed by atoms with Crippen molar-refractivity contribution in [2.24, 2.45) is 0 Å². The SMILES string of the molecule is Nc1cc2ccccc2c(=O)n1C1Cc2ccccc2C1. The number of nitrogen functional groups attached to an aromatic ring is 1. The Morgan fingerprint density at radius 2 is 1.57 bits per heavy atom. The number of pyridine rings is 1. The highest BCUT2D eigenvalue weighted by molar-refractivity contribution is 5.83. The molecule has 0 fully saturated rings. The fraction of sp³-hybridized carbons (Fsp3) is 0.167. The van der Waals surface area contributed by atoms with Gasteiger partial charge in [0, 0.05) is 11.4 Å². The summed E-state index contributed by atoms with van der Waals surface area (Å²) in [4.78, 5) is 12.8. The summed E-state index contributed by atoms with van der Waals surface area (Å²) in [6.45, 7) is 0. The van der Waals surface area contributed by atoms with Crippen molar-refractivity contribution in [1.82, 2.24) is 4.57 Å². The molecule has 3 aromatic rings. The van der Waals surface area contributed by atoms with Crippen LogP contribution in [-0.4, -0.2) is 4.57 Å². The normalized spacial score (nSPS) is 14.5. The Balaban J connectivity index is 1.87. The minimum Gasteiger partial charge on any atom is -0.385 e. The number of anilines is 1. The van der Waals surface area contributed by atoms with Crippen LogP contribution in [0.2, 0.25) is 0 Å². The maximum absolute atomic E-state index is 12.8. The molecular weight excluding hydrogens is 260 g/mol. The van der Waals surface area contributed by atoms with E-state index in [2.05, 4.69) is 12.1 Å². The van der Waals surface area contributed by atoms with Gasteiger partial charge in [-0.2, -0.15) is 0 Å². The highest BCUT2D eigenvalue weighted by atomic mass is 16.1. The zero-order valence-electron chi connectivity index (χ0n) is 11.6. The van der Waals surface area contributed by atoms with E-state index in [4.69, 9.17) is 5.73 Å². The number of fused-ring (bicyclic) bond motifs is 2. The highest BCUT2D eigenvalue weighted by Crippen LogP contribution is 2.31. The largest absolute Gasteiger partial charge is 0.385 e. The molecule has 1 aliphatic rings. The van der Waals surface area contributed by atoms with Crippen molar-refractivity contribution < 1.29 is 0 Å². The van der Waals surface area contributed by atoms with Crippen LogP contribution in [-0.2, 0) is 12.8 Å². The van der Waals surface area contributed by atoms with Crippen molar-refractivity contribution in [2.45, 2.75) is 18.9 Å². The summed E-state index contributed by atoms with van der Waals surface area (Å²) in [6.07, 6.45) is 1.75. The maximum atomic E-state index is 12.8. The topological polar surface area (TPSA) is 48.0 Å². The molecule has 0 saturated carbocycles. The Kier molecular flexibility index (Phi) is 2.61. The van der Waals surface area contributed by atoms with E-state index in [1.165, 1.54) is 11.1 Å². The van der Waals surface area contributed by atoms with E-state index in [-0.39, 0.29) is 11.6 Å². The van der Waals surface area contributed by atoms with Crippen LogP contribution in [0.3, 0.4) is 0 Å². The van der Waals surface area contributed by atoms with Gasteiger partial charge in [-0.1, -0.05) is 42.5 Å². The molecule has 2 aromatic carbocycles. The van der Waals surface area contributed by atoms with Crippen LogP contribution in [0.1, 0.15) is 17.2 Å². The lowest BCUT2D eigenvalue weighted by Crippen LogP contribution is -2.27. The first-order valence-corrected chi connectivity index (χ1v) is 7.20. The molecule has 21 heavy (non-hydrogen) atoms. The molecule has 0 amide bonds. The number of hydrogen-bond donors (Lipinski definition) is 1. The van der Waals surface area contributed by atoms with E-state index < -0.39 is 0 Å². The molecule has 0 spiro atoms. The Morgan fingerprint density at radius 3 is 2.29 bits per heavy atom. The van der Waals surface area contributed by atoms with Gasteiger partial charge in [-0.3, -0.25) is 9.36 Å². The Morgan fingerprint density at radius 1 is 0.952 bits per heavy atom. The summed E-state index contributed by atoms with van der Waals surface area (Å²) in [6, 6.07) is 18.0. The third-order valence-electron chi connectivity index (χ3n) is 4.39. The van der Waals surface area contributed by atoms with Crippen LogP contribution in [0.15, 0.2) is 59.4 Å². The van der Waals surface area contributed by atoms with E-state index in [9.17, 15) is 4.79 Å². The first kappa shape index (κ1) is 12.2. The minimum absolute atomic E-state index is 0.0170. The van der Waals surface area contributed by atoms with E-state index in [1.54, 1.807) is 4.57 Å². The van der Waals surface area contributed by atoms with Crippen molar-refractivity contribution in [1.29, 1.82) is 0 Å². The lowest BCUT2D eigenvalue weighted by Gasteiger charge is -2.17. The molecule has 4 rings (SSSR count). The van der Waals surface area contributed by atoms with Gasteiger partial charge >= 0.3 is 0 Å². The van der Waals surface area contributed by atoms with Crippen LogP contribution < -0.4 is 11.3 Å². The molecule has 3 heteroatoms. The molecule has 1 aromatic heterocycles. The highest BCUT2D eigenvalue weighted by Gasteiger charge is 2.25. The fourth-order valence-corrected chi connectivity index (χ4v) is 3.39. The molecule has 2 N–H and O–H groups in total. The first-order chi connectivity index (χ1) is 10.2. The molecule has 0 atom stereocenters. The molecule has 0 bridgehead atoms. The number of nitrogens with zero attached hydrogens (tertiary/aromatic N) is 1. The van der Waals surface area contributed by atoms with Gasteiger partial charge in [0.25, 0.3) is 5.56 Å². The average Bonchev–Trinajstić information content (AvgIpc) is 2.90. The summed E-state index contributed by atoms with van der Waals surface area (Å²) < 4.78 is 1.77. The first-order valence-electron chi connectivity index (χ1n) is 7.20. The molecule has 0 saturated heterocycles. The predicted molar refractivity (Wildman–Crippen MR) is 85.5 cm³/mol. The number of benzene rings is 2. The van der Waals surface area contributed by atoms with Crippen molar-refractivity contribution in [3.63, 3.8) is 0 Å². The molecule has 0 unspecified atom stereocenters. The summed E-state index contributed by atoms with van der Waals surface area (Å²) in [5.41, 5.74) is 8.82. The second-order valence-corrected chi connectivity index (χ2v) is 5.66. The summed E-state index contributed by atoms with van der Waals surface area (Å²) in [5, 5.41) is 1.65. The fourth-order valence-electron chi connectivity index (χ4n) is 3.39. The predicted octanol–water partition coefficient (Wildman–Crippen LogP) is 2.92. The second kappa shape index (κ2) is 4.48. The van der Waals surface area contributed by atoms with Crippen molar-refractivity contribution in [3.8, 4) is 0 Å². The molecular formula is C18H16N2O. The number of hydrogen-bond acceptors (Lipinski definition) is 2. The van der Waals surface area contributed by atoms with E-state index in [0.717, 1.165) is 23.6 Å².